The number of anilines is 1. The molecule has 2 aliphatic rings. The number of hydrogen-bond acceptors (Lipinski definition) is 6. The maximum atomic E-state index is 13.4. The van der Waals surface area contributed by atoms with Crippen LogP contribution in [0.2, 0.25) is 0 Å². The van der Waals surface area contributed by atoms with E-state index in [2.05, 4.69) is 0 Å². The molecule has 2 aromatic rings. The molecule has 4 rings (SSSR count). The van der Waals surface area contributed by atoms with Crippen LogP contribution in [-0.2, 0) is 14.3 Å². The molecule has 2 fully saturated rings. The second kappa shape index (κ2) is 9.01. The van der Waals surface area contributed by atoms with Gasteiger partial charge in [-0.15, -0.1) is 11.3 Å². The number of carbonyl (C=O) groups excluding carboxylic acids is 4. The lowest BCUT2D eigenvalue weighted by Gasteiger charge is -2.37. The highest BCUT2D eigenvalue weighted by Gasteiger charge is 2.46. The van der Waals surface area contributed by atoms with Crippen LogP contribution in [0.5, 0.6) is 0 Å². The number of hydrogen-bond donors (Lipinski definition) is 0. The van der Waals surface area contributed by atoms with Gasteiger partial charge in [-0.2, -0.15) is 0 Å². The van der Waals surface area contributed by atoms with Crippen molar-refractivity contribution in [3.63, 3.8) is 0 Å². The predicted molar refractivity (Wildman–Crippen MR) is 116 cm³/mol. The van der Waals surface area contributed by atoms with Gasteiger partial charge in [-0.1, -0.05) is 25.3 Å². The van der Waals surface area contributed by atoms with E-state index in [1.165, 1.54) is 30.6 Å². The number of imide groups is 1. The third kappa shape index (κ3) is 4.12. The average molecular weight is 441 g/mol. The molecule has 1 aliphatic heterocycles. The second-order valence-corrected chi connectivity index (χ2v) is 8.76. The Balaban J connectivity index is 1.62. The molecule has 8 heteroatoms. The Hall–Kier alpha value is -3.00. The van der Waals surface area contributed by atoms with Gasteiger partial charge in [-0.05, 0) is 48.6 Å². The van der Waals surface area contributed by atoms with Crippen LogP contribution in [0.3, 0.4) is 0 Å². The van der Waals surface area contributed by atoms with Crippen molar-refractivity contribution in [3.8, 4) is 0 Å². The van der Waals surface area contributed by atoms with Gasteiger partial charge in [0.05, 0.1) is 29.7 Å². The Morgan fingerprint density at radius 3 is 2.39 bits per heavy atom. The summed E-state index contributed by atoms with van der Waals surface area (Å²) in [7, 11) is 1.29. The number of amides is 3. The van der Waals surface area contributed by atoms with Crippen molar-refractivity contribution >= 4 is 40.7 Å². The van der Waals surface area contributed by atoms with Gasteiger partial charge in [0.1, 0.15) is 6.04 Å². The van der Waals surface area contributed by atoms with Crippen molar-refractivity contribution in [1.29, 1.82) is 0 Å². The molecule has 1 unspecified atom stereocenters. The standard InChI is InChI=1S/C23H24N2O5S/c1-30-23(29)15-9-11-17(12-10-15)25-20(26)14-18(21(25)27)24(16-6-3-2-4-7-16)22(28)19-8-5-13-31-19/h5,8-13,16,18H,2-4,6-7,14H2,1H3. The van der Waals surface area contributed by atoms with Crippen molar-refractivity contribution in [1.82, 2.24) is 4.90 Å². The first-order valence-electron chi connectivity index (χ1n) is 10.4. The number of esters is 1. The normalized spacial score (nSPS) is 19.5. The molecular weight excluding hydrogens is 416 g/mol. The number of methoxy groups -OCH3 is 1. The highest BCUT2D eigenvalue weighted by atomic mass is 32.1. The topological polar surface area (TPSA) is 84.0 Å². The van der Waals surface area contributed by atoms with E-state index < -0.39 is 17.9 Å². The summed E-state index contributed by atoms with van der Waals surface area (Å²) in [6.07, 6.45) is 4.77. The Kier molecular flexibility index (Phi) is 6.18. The van der Waals surface area contributed by atoms with Crippen molar-refractivity contribution in [2.75, 3.05) is 12.0 Å². The minimum absolute atomic E-state index is 0.0365. The summed E-state index contributed by atoms with van der Waals surface area (Å²) in [5, 5.41) is 1.84. The summed E-state index contributed by atoms with van der Waals surface area (Å²) in [5.74, 6) is -1.42. The summed E-state index contributed by atoms with van der Waals surface area (Å²) >= 11 is 1.34. The number of ether oxygens (including phenoxy) is 1. The summed E-state index contributed by atoms with van der Waals surface area (Å²) in [4.78, 5) is 54.6. The lowest BCUT2D eigenvalue weighted by Crippen LogP contribution is -2.51. The van der Waals surface area contributed by atoms with Gasteiger partial charge in [0.25, 0.3) is 11.8 Å². The SMILES string of the molecule is COC(=O)c1ccc(N2C(=O)CC(N(C(=O)c3cccs3)C3CCCCC3)C2=O)cc1. The minimum Gasteiger partial charge on any atom is -0.465 e. The molecule has 3 amide bonds. The molecule has 2 heterocycles. The summed E-state index contributed by atoms with van der Waals surface area (Å²) < 4.78 is 4.69. The van der Waals surface area contributed by atoms with Gasteiger partial charge in [0, 0.05) is 6.04 Å². The molecule has 0 spiro atoms. The van der Waals surface area contributed by atoms with Crippen molar-refractivity contribution in [2.45, 2.75) is 50.6 Å². The number of rotatable bonds is 5. The zero-order valence-electron chi connectivity index (χ0n) is 17.3. The molecule has 162 valence electrons. The summed E-state index contributed by atoms with van der Waals surface area (Å²) in [5.41, 5.74) is 0.718. The average Bonchev–Trinajstić information content (AvgIpc) is 3.43. The smallest absolute Gasteiger partial charge is 0.337 e. The van der Waals surface area contributed by atoms with Gasteiger partial charge in [-0.3, -0.25) is 14.4 Å². The Labute approximate surface area is 184 Å². The van der Waals surface area contributed by atoms with Crippen LogP contribution in [-0.4, -0.2) is 47.8 Å². The van der Waals surface area contributed by atoms with Gasteiger partial charge in [0.15, 0.2) is 0 Å². The van der Waals surface area contributed by atoms with E-state index in [1.807, 2.05) is 11.4 Å². The van der Waals surface area contributed by atoms with Crippen LogP contribution >= 0.6 is 11.3 Å². The van der Waals surface area contributed by atoms with Crippen LogP contribution < -0.4 is 4.90 Å². The Bertz CT molecular complexity index is 980. The summed E-state index contributed by atoms with van der Waals surface area (Å²) in [6.45, 7) is 0. The van der Waals surface area contributed by atoms with E-state index >= 15 is 0 Å². The van der Waals surface area contributed by atoms with Crippen molar-refractivity contribution in [3.05, 3.63) is 52.2 Å². The van der Waals surface area contributed by atoms with Crippen LogP contribution in [0.1, 0.15) is 58.6 Å². The first kappa shape index (κ1) is 21.2. The third-order valence-corrected chi connectivity index (χ3v) is 6.80. The first-order chi connectivity index (χ1) is 15.0. The number of thiophene rings is 1. The maximum Gasteiger partial charge on any atom is 0.337 e. The van der Waals surface area contributed by atoms with E-state index in [4.69, 9.17) is 4.74 Å². The Morgan fingerprint density at radius 2 is 1.77 bits per heavy atom. The van der Waals surface area contributed by atoms with Crippen LogP contribution in [0.4, 0.5) is 5.69 Å². The fourth-order valence-electron chi connectivity index (χ4n) is 4.42. The maximum absolute atomic E-state index is 13.4. The highest BCUT2D eigenvalue weighted by Crippen LogP contribution is 2.33. The molecule has 0 radical (unpaired) electrons. The minimum atomic E-state index is -0.814. The monoisotopic (exact) mass is 440 g/mol. The molecule has 0 N–H and O–H groups in total. The molecule has 1 atom stereocenters. The lowest BCUT2D eigenvalue weighted by atomic mass is 9.92. The lowest BCUT2D eigenvalue weighted by molar-refractivity contribution is -0.123. The quantitative estimate of drug-likeness (QED) is 0.524. The molecule has 1 aliphatic carbocycles. The number of nitrogens with zero attached hydrogens (tertiary/aromatic N) is 2. The molecule has 1 saturated heterocycles. The van der Waals surface area contributed by atoms with Gasteiger partial charge >= 0.3 is 5.97 Å². The van der Waals surface area contributed by atoms with E-state index in [0.717, 1.165) is 37.0 Å². The zero-order chi connectivity index (χ0) is 22.0. The second-order valence-electron chi connectivity index (χ2n) is 7.81. The van der Waals surface area contributed by atoms with Crippen LogP contribution in [0.25, 0.3) is 0 Å². The highest BCUT2D eigenvalue weighted by molar-refractivity contribution is 7.12. The molecule has 1 aromatic heterocycles. The first-order valence-corrected chi connectivity index (χ1v) is 11.3. The molecule has 7 nitrogen and oxygen atoms in total. The number of carbonyl (C=O) groups is 4. The van der Waals surface area contributed by atoms with Crippen LogP contribution in [0.15, 0.2) is 41.8 Å². The van der Waals surface area contributed by atoms with Crippen molar-refractivity contribution < 1.29 is 23.9 Å². The van der Waals surface area contributed by atoms with E-state index in [1.54, 1.807) is 23.1 Å². The van der Waals surface area contributed by atoms with Crippen LogP contribution in [0, 0.1) is 0 Å². The molecule has 31 heavy (non-hydrogen) atoms. The Morgan fingerprint density at radius 1 is 1.06 bits per heavy atom. The van der Waals surface area contributed by atoms with Crippen molar-refractivity contribution in [2.24, 2.45) is 0 Å². The van der Waals surface area contributed by atoms with Gasteiger partial charge in [0.2, 0.25) is 5.91 Å². The molecule has 1 aromatic carbocycles. The third-order valence-electron chi connectivity index (χ3n) is 5.94. The number of benzene rings is 1. The molecular formula is C23H24N2O5S. The van der Waals surface area contributed by atoms with E-state index in [0.29, 0.717) is 16.1 Å². The predicted octanol–water partition coefficient (Wildman–Crippen LogP) is 3.64. The van der Waals surface area contributed by atoms with E-state index in [9.17, 15) is 19.2 Å². The molecule has 1 saturated carbocycles. The van der Waals surface area contributed by atoms with Gasteiger partial charge in [-0.25, -0.2) is 9.69 Å². The summed E-state index contributed by atoms with van der Waals surface area (Å²) in [6, 6.07) is 8.85. The fourth-order valence-corrected chi connectivity index (χ4v) is 5.08. The molecule has 0 bridgehead atoms. The largest absolute Gasteiger partial charge is 0.465 e. The van der Waals surface area contributed by atoms with E-state index in [-0.39, 0.29) is 24.3 Å². The zero-order valence-corrected chi connectivity index (χ0v) is 18.1. The fraction of sp³-hybridized carbons (Fsp3) is 0.391. The van der Waals surface area contributed by atoms with Gasteiger partial charge < -0.3 is 9.64 Å².